The van der Waals surface area contributed by atoms with E-state index < -0.39 is 24.6 Å². The van der Waals surface area contributed by atoms with Gasteiger partial charge in [-0.1, -0.05) is 12.1 Å². The molecule has 0 saturated heterocycles. The van der Waals surface area contributed by atoms with Crippen LogP contribution >= 0.6 is 0 Å². The molecule has 0 bridgehead atoms. The van der Waals surface area contributed by atoms with E-state index in [2.05, 4.69) is 10.4 Å². The molecule has 0 unspecified atom stereocenters. The highest BCUT2D eigenvalue weighted by atomic mass is 19.4. The van der Waals surface area contributed by atoms with Crippen LogP contribution in [0.15, 0.2) is 30.5 Å². The molecule has 0 saturated carbocycles. The van der Waals surface area contributed by atoms with E-state index in [1.165, 1.54) is 24.4 Å². The van der Waals surface area contributed by atoms with Gasteiger partial charge in [0.1, 0.15) is 12.4 Å². The van der Waals surface area contributed by atoms with Gasteiger partial charge in [-0.15, -0.1) is 0 Å². The zero-order valence-electron chi connectivity index (χ0n) is 13.3. The number of rotatable bonds is 4. The molecule has 25 heavy (non-hydrogen) atoms. The van der Waals surface area contributed by atoms with Crippen molar-refractivity contribution >= 4 is 5.91 Å². The Balaban J connectivity index is 1.69. The third-order valence-corrected chi connectivity index (χ3v) is 4.07. The monoisotopic (exact) mass is 355 g/mol. The van der Waals surface area contributed by atoms with Gasteiger partial charge in [-0.25, -0.2) is 4.39 Å². The van der Waals surface area contributed by atoms with Crippen LogP contribution in [-0.4, -0.2) is 21.9 Å². The van der Waals surface area contributed by atoms with Gasteiger partial charge in [0.25, 0.3) is 0 Å². The van der Waals surface area contributed by atoms with Crippen LogP contribution in [0.4, 0.5) is 17.6 Å². The van der Waals surface area contributed by atoms with Gasteiger partial charge < -0.3 is 5.32 Å². The zero-order chi connectivity index (χ0) is 18.0. The van der Waals surface area contributed by atoms with Crippen molar-refractivity contribution in [2.75, 3.05) is 0 Å². The highest BCUT2D eigenvalue weighted by Gasteiger charge is 2.31. The third-order valence-electron chi connectivity index (χ3n) is 4.07. The predicted octanol–water partition coefficient (Wildman–Crippen LogP) is 3.32. The summed E-state index contributed by atoms with van der Waals surface area (Å²) in [5.41, 5.74) is 1.76. The Morgan fingerprint density at radius 2 is 2.16 bits per heavy atom. The third kappa shape index (κ3) is 4.58. The van der Waals surface area contributed by atoms with Crippen LogP contribution in [0.1, 0.15) is 35.7 Å². The lowest BCUT2D eigenvalue weighted by Crippen LogP contribution is -2.32. The SMILES string of the molecule is O=C(Cc1cccc(F)c1)N[C@H]1CCCc2cn(CC(F)(F)F)nc21. The van der Waals surface area contributed by atoms with Crippen molar-refractivity contribution in [3.63, 3.8) is 0 Å². The molecule has 1 aliphatic rings. The molecule has 8 heteroatoms. The van der Waals surface area contributed by atoms with Crippen LogP contribution in [0.25, 0.3) is 0 Å². The number of hydrogen-bond donors (Lipinski definition) is 1. The van der Waals surface area contributed by atoms with Gasteiger partial charge in [0.2, 0.25) is 5.91 Å². The lowest BCUT2D eigenvalue weighted by Gasteiger charge is -2.22. The molecular formula is C17H17F4N3O. The number of carbonyl (C=O) groups excluding carboxylic acids is 1. The predicted molar refractivity (Wildman–Crippen MR) is 82.2 cm³/mol. The molecule has 1 N–H and O–H groups in total. The van der Waals surface area contributed by atoms with Crippen LogP contribution in [0, 0.1) is 5.82 Å². The van der Waals surface area contributed by atoms with Crippen molar-refractivity contribution in [3.05, 3.63) is 53.1 Å². The summed E-state index contributed by atoms with van der Waals surface area (Å²) in [6, 6.07) is 5.33. The maximum Gasteiger partial charge on any atom is 0.408 e. The summed E-state index contributed by atoms with van der Waals surface area (Å²) in [4.78, 5) is 12.2. The number of halogens is 4. The van der Waals surface area contributed by atoms with Gasteiger partial charge in [0.05, 0.1) is 18.2 Å². The highest BCUT2D eigenvalue weighted by molar-refractivity contribution is 5.79. The molecule has 1 aliphatic carbocycles. The number of aryl methyl sites for hydroxylation is 1. The average molecular weight is 355 g/mol. The fourth-order valence-electron chi connectivity index (χ4n) is 3.08. The number of nitrogens with one attached hydrogen (secondary N) is 1. The normalized spacial score (nSPS) is 17.2. The first-order chi connectivity index (χ1) is 11.8. The minimum atomic E-state index is -4.34. The fraction of sp³-hybridized carbons (Fsp3) is 0.412. The highest BCUT2D eigenvalue weighted by Crippen LogP contribution is 2.29. The van der Waals surface area contributed by atoms with Gasteiger partial charge in [0, 0.05) is 6.20 Å². The molecule has 1 atom stereocenters. The molecule has 1 heterocycles. The molecule has 1 aromatic heterocycles. The van der Waals surface area contributed by atoms with Crippen molar-refractivity contribution in [1.82, 2.24) is 15.1 Å². The Morgan fingerprint density at radius 1 is 1.36 bits per heavy atom. The molecule has 0 radical (unpaired) electrons. The lowest BCUT2D eigenvalue weighted by atomic mass is 9.93. The Bertz CT molecular complexity index is 769. The largest absolute Gasteiger partial charge is 0.408 e. The Morgan fingerprint density at radius 3 is 2.88 bits per heavy atom. The fourth-order valence-corrected chi connectivity index (χ4v) is 3.08. The molecule has 0 spiro atoms. The number of fused-ring (bicyclic) bond motifs is 1. The number of carbonyl (C=O) groups is 1. The summed E-state index contributed by atoms with van der Waals surface area (Å²) in [7, 11) is 0. The summed E-state index contributed by atoms with van der Waals surface area (Å²) < 4.78 is 51.6. The number of hydrogen-bond acceptors (Lipinski definition) is 2. The van der Waals surface area contributed by atoms with Crippen molar-refractivity contribution in [2.45, 2.75) is 44.4 Å². The minimum Gasteiger partial charge on any atom is -0.347 e. The van der Waals surface area contributed by atoms with E-state index in [4.69, 9.17) is 0 Å². The van der Waals surface area contributed by atoms with E-state index in [1.54, 1.807) is 6.07 Å². The Hall–Kier alpha value is -2.38. The second-order valence-electron chi connectivity index (χ2n) is 6.17. The second-order valence-corrected chi connectivity index (χ2v) is 6.17. The standard InChI is InChI=1S/C17H17F4N3O/c18-13-5-1-3-11(7-13)8-15(25)22-14-6-2-4-12-9-24(23-16(12)14)10-17(19,20)21/h1,3,5,7,9,14H,2,4,6,8,10H2,(H,22,25)/t14-/m0/s1. The van der Waals surface area contributed by atoms with Gasteiger partial charge in [0.15, 0.2) is 0 Å². The molecule has 4 nitrogen and oxygen atoms in total. The van der Waals surface area contributed by atoms with Crippen molar-refractivity contribution in [1.29, 1.82) is 0 Å². The summed E-state index contributed by atoms with van der Waals surface area (Å²) in [6.07, 6.45) is -0.921. The number of nitrogens with zero attached hydrogens (tertiary/aromatic N) is 2. The van der Waals surface area contributed by atoms with Gasteiger partial charge >= 0.3 is 6.18 Å². The van der Waals surface area contributed by atoms with E-state index >= 15 is 0 Å². The first-order valence-corrected chi connectivity index (χ1v) is 7.97. The molecule has 0 aliphatic heterocycles. The van der Waals surface area contributed by atoms with Gasteiger partial charge in [-0.2, -0.15) is 18.3 Å². The average Bonchev–Trinajstić information content (AvgIpc) is 2.88. The summed E-state index contributed by atoms with van der Waals surface area (Å²) in [5.74, 6) is -0.732. The molecule has 134 valence electrons. The Labute approximate surface area is 141 Å². The molecule has 2 aromatic rings. The number of alkyl halides is 3. The maximum atomic E-state index is 13.2. The van der Waals surface area contributed by atoms with E-state index in [9.17, 15) is 22.4 Å². The maximum absolute atomic E-state index is 13.2. The second kappa shape index (κ2) is 6.85. The lowest BCUT2D eigenvalue weighted by molar-refractivity contribution is -0.142. The van der Waals surface area contributed by atoms with Crippen LogP contribution in [0.3, 0.4) is 0 Å². The van der Waals surface area contributed by atoms with Crippen LogP contribution in [0.2, 0.25) is 0 Å². The van der Waals surface area contributed by atoms with Crippen LogP contribution < -0.4 is 5.32 Å². The van der Waals surface area contributed by atoms with Crippen LogP contribution in [0.5, 0.6) is 0 Å². The first-order valence-electron chi connectivity index (χ1n) is 7.97. The Kier molecular flexibility index (Phi) is 4.78. The first kappa shape index (κ1) is 17.4. The van der Waals surface area contributed by atoms with E-state index in [0.29, 0.717) is 24.1 Å². The minimum absolute atomic E-state index is 0.00680. The number of benzene rings is 1. The zero-order valence-corrected chi connectivity index (χ0v) is 13.3. The summed E-state index contributed by atoms with van der Waals surface area (Å²) in [6.45, 7) is -1.15. The van der Waals surface area contributed by atoms with E-state index in [0.717, 1.165) is 16.7 Å². The summed E-state index contributed by atoms with van der Waals surface area (Å²) >= 11 is 0. The van der Waals surface area contributed by atoms with Gasteiger partial charge in [-0.3, -0.25) is 9.48 Å². The number of aromatic nitrogens is 2. The molecular weight excluding hydrogens is 338 g/mol. The van der Waals surface area contributed by atoms with Crippen molar-refractivity contribution in [3.8, 4) is 0 Å². The van der Waals surface area contributed by atoms with E-state index in [1.807, 2.05) is 0 Å². The summed E-state index contributed by atoms with van der Waals surface area (Å²) in [5, 5.41) is 6.81. The smallest absolute Gasteiger partial charge is 0.347 e. The van der Waals surface area contributed by atoms with Crippen LogP contribution in [-0.2, 0) is 24.2 Å². The van der Waals surface area contributed by atoms with Gasteiger partial charge in [-0.05, 0) is 42.5 Å². The molecule has 0 fully saturated rings. The molecule has 1 amide bonds. The molecule has 3 rings (SSSR count). The number of amides is 1. The van der Waals surface area contributed by atoms with Crippen molar-refractivity contribution < 1.29 is 22.4 Å². The van der Waals surface area contributed by atoms with Crippen molar-refractivity contribution in [2.24, 2.45) is 0 Å². The molecule has 1 aromatic carbocycles. The quantitative estimate of drug-likeness (QED) is 0.856. The topological polar surface area (TPSA) is 46.9 Å². The van der Waals surface area contributed by atoms with E-state index in [-0.39, 0.29) is 12.3 Å².